The molecule has 0 radical (unpaired) electrons. The van der Waals surface area contributed by atoms with Crippen LogP contribution in [0.1, 0.15) is 50.6 Å². The summed E-state index contributed by atoms with van der Waals surface area (Å²) in [7, 11) is 0. The van der Waals surface area contributed by atoms with E-state index in [1.165, 1.54) is 5.56 Å². The molecule has 1 aliphatic heterocycles. The minimum Gasteiger partial charge on any atom is -0.481 e. The molecule has 5 fully saturated rings. The van der Waals surface area contributed by atoms with Gasteiger partial charge in [0.2, 0.25) is 0 Å². The van der Waals surface area contributed by atoms with Crippen LogP contribution in [0.15, 0.2) is 30.3 Å². The highest BCUT2D eigenvalue weighted by Crippen LogP contribution is 2.60. The second kappa shape index (κ2) is 7.65. The number of nitrogens with one attached hydrogen (secondary N) is 1. The molecule has 6 heteroatoms. The number of hydrogen-bond donors (Lipinski definition) is 2. The van der Waals surface area contributed by atoms with E-state index in [1.807, 2.05) is 18.2 Å². The first-order chi connectivity index (χ1) is 14.4. The van der Waals surface area contributed by atoms with Gasteiger partial charge in [0.15, 0.2) is 0 Å². The van der Waals surface area contributed by atoms with E-state index in [4.69, 9.17) is 4.74 Å². The molecule has 162 valence electrons. The predicted octanol–water partition coefficient (Wildman–Crippen LogP) is 2.84. The Bertz CT molecular complexity index is 797. The van der Waals surface area contributed by atoms with Crippen LogP contribution in [0, 0.1) is 23.2 Å². The van der Waals surface area contributed by atoms with Gasteiger partial charge >= 0.3 is 5.97 Å². The zero-order chi connectivity index (χ0) is 20.9. The standard InChI is InChI=1S/C24H32N2O4/c1-15(17-5-3-2-4-6-17)26-7-8-30-20(14-26)22(27)25-21-18-9-16-10-19(21)13-24(11-16,12-18)23(28)29/h2-6,15-16,18-21H,7-14H2,1H3,(H,25,27)(H,28,29)/t15?,16?,18?,19?,20-,21?,24?/m1/s1. The Morgan fingerprint density at radius 3 is 2.53 bits per heavy atom. The molecular weight excluding hydrogens is 380 g/mol. The van der Waals surface area contributed by atoms with Crippen molar-refractivity contribution in [1.82, 2.24) is 10.2 Å². The molecule has 1 amide bonds. The molecule has 4 atom stereocenters. The average Bonchev–Trinajstić information content (AvgIpc) is 2.75. The molecule has 1 aromatic rings. The first-order valence-electron chi connectivity index (χ1n) is 11.4. The van der Waals surface area contributed by atoms with E-state index in [2.05, 4.69) is 29.3 Å². The first kappa shape index (κ1) is 20.0. The lowest BCUT2D eigenvalue weighted by Crippen LogP contribution is -2.62. The zero-order valence-electron chi connectivity index (χ0n) is 17.6. The Morgan fingerprint density at radius 2 is 1.87 bits per heavy atom. The molecule has 0 aromatic heterocycles. The molecule has 1 saturated heterocycles. The van der Waals surface area contributed by atoms with Crippen molar-refractivity contribution >= 4 is 11.9 Å². The van der Waals surface area contributed by atoms with Gasteiger partial charge in [-0.2, -0.15) is 0 Å². The van der Waals surface area contributed by atoms with Crippen molar-refractivity contribution in [3.63, 3.8) is 0 Å². The molecule has 3 unspecified atom stereocenters. The number of ether oxygens (including phenoxy) is 1. The van der Waals surface area contributed by atoms with Crippen LogP contribution in [0.3, 0.4) is 0 Å². The maximum absolute atomic E-state index is 13.1. The van der Waals surface area contributed by atoms with Gasteiger partial charge in [-0.15, -0.1) is 0 Å². The molecule has 6 nitrogen and oxygen atoms in total. The van der Waals surface area contributed by atoms with Crippen molar-refractivity contribution in [3.8, 4) is 0 Å². The van der Waals surface area contributed by atoms with Crippen LogP contribution in [0.5, 0.6) is 0 Å². The lowest BCUT2D eigenvalue weighted by molar-refractivity contribution is -0.168. The number of hydrogen-bond acceptors (Lipinski definition) is 4. The van der Waals surface area contributed by atoms with Gasteiger partial charge in [0.1, 0.15) is 6.10 Å². The Kier molecular flexibility index (Phi) is 5.10. The fourth-order valence-electron chi connectivity index (χ4n) is 6.90. The molecule has 30 heavy (non-hydrogen) atoms. The number of carbonyl (C=O) groups excluding carboxylic acids is 1. The van der Waals surface area contributed by atoms with E-state index in [0.717, 1.165) is 25.8 Å². The van der Waals surface area contributed by atoms with Gasteiger partial charge in [-0.1, -0.05) is 30.3 Å². The summed E-state index contributed by atoms with van der Waals surface area (Å²) in [5, 5.41) is 13.1. The Balaban J connectivity index is 1.23. The zero-order valence-corrected chi connectivity index (χ0v) is 17.6. The lowest BCUT2D eigenvalue weighted by Gasteiger charge is -2.58. The van der Waals surface area contributed by atoms with E-state index in [0.29, 0.717) is 43.7 Å². The number of morpholine rings is 1. The summed E-state index contributed by atoms with van der Waals surface area (Å²) in [6, 6.07) is 10.7. The molecule has 4 saturated carbocycles. The molecule has 4 bridgehead atoms. The summed E-state index contributed by atoms with van der Waals surface area (Å²) in [5.74, 6) is 0.438. The second-order valence-corrected chi connectivity index (χ2v) is 10.0. The number of carboxylic acids is 1. The molecule has 5 aliphatic rings. The summed E-state index contributed by atoms with van der Waals surface area (Å²) in [6.07, 6.45) is 3.90. The lowest BCUT2D eigenvalue weighted by atomic mass is 9.48. The fourth-order valence-corrected chi connectivity index (χ4v) is 6.90. The Labute approximate surface area is 178 Å². The van der Waals surface area contributed by atoms with Crippen LogP contribution in [-0.4, -0.2) is 53.7 Å². The Hall–Kier alpha value is -1.92. The van der Waals surface area contributed by atoms with Crippen molar-refractivity contribution in [2.45, 2.75) is 57.2 Å². The van der Waals surface area contributed by atoms with E-state index in [-0.39, 0.29) is 18.0 Å². The molecule has 1 aromatic carbocycles. The smallest absolute Gasteiger partial charge is 0.309 e. The number of amides is 1. The monoisotopic (exact) mass is 412 g/mol. The van der Waals surface area contributed by atoms with Crippen molar-refractivity contribution < 1.29 is 19.4 Å². The second-order valence-electron chi connectivity index (χ2n) is 10.0. The predicted molar refractivity (Wildman–Crippen MR) is 112 cm³/mol. The summed E-state index contributed by atoms with van der Waals surface area (Å²) in [4.78, 5) is 27.4. The van der Waals surface area contributed by atoms with Gasteiger partial charge in [0, 0.05) is 25.2 Å². The summed E-state index contributed by atoms with van der Waals surface area (Å²) in [6.45, 7) is 4.14. The third kappa shape index (κ3) is 3.44. The van der Waals surface area contributed by atoms with Gasteiger partial charge in [-0.05, 0) is 62.3 Å². The first-order valence-corrected chi connectivity index (χ1v) is 11.4. The maximum Gasteiger partial charge on any atom is 0.309 e. The van der Waals surface area contributed by atoms with E-state index >= 15 is 0 Å². The minimum atomic E-state index is -0.632. The Morgan fingerprint density at radius 1 is 1.17 bits per heavy atom. The summed E-state index contributed by atoms with van der Waals surface area (Å²) in [5.41, 5.74) is 0.708. The van der Waals surface area contributed by atoms with E-state index in [9.17, 15) is 14.7 Å². The molecule has 4 aliphatic carbocycles. The molecule has 1 heterocycles. The number of nitrogens with zero attached hydrogens (tertiary/aromatic N) is 1. The molecule has 6 rings (SSSR count). The molecule has 0 spiro atoms. The largest absolute Gasteiger partial charge is 0.481 e. The van der Waals surface area contributed by atoms with Crippen LogP contribution in [0.2, 0.25) is 0 Å². The van der Waals surface area contributed by atoms with Gasteiger partial charge in [0.25, 0.3) is 5.91 Å². The number of carbonyl (C=O) groups is 2. The third-order valence-electron chi connectivity index (χ3n) is 8.26. The van der Waals surface area contributed by atoms with Crippen molar-refractivity contribution in [1.29, 1.82) is 0 Å². The molecular formula is C24H32N2O4. The van der Waals surface area contributed by atoms with Crippen LogP contribution in [0.4, 0.5) is 0 Å². The maximum atomic E-state index is 13.1. The van der Waals surface area contributed by atoms with Crippen LogP contribution < -0.4 is 5.32 Å². The summed E-state index contributed by atoms with van der Waals surface area (Å²) < 4.78 is 5.86. The van der Waals surface area contributed by atoms with Gasteiger partial charge in [-0.3, -0.25) is 14.5 Å². The van der Waals surface area contributed by atoms with E-state index in [1.54, 1.807) is 0 Å². The van der Waals surface area contributed by atoms with Crippen LogP contribution in [0.25, 0.3) is 0 Å². The fraction of sp³-hybridized carbons (Fsp3) is 0.667. The topological polar surface area (TPSA) is 78.9 Å². The number of carboxylic acid groups (broad SMARTS) is 1. The average molecular weight is 413 g/mol. The van der Waals surface area contributed by atoms with Crippen molar-refractivity contribution in [3.05, 3.63) is 35.9 Å². The molecule has 2 N–H and O–H groups in total. The van der Waals surface area contributed by atoms with Crippen molar-refractivity contribution in [2.75, 3.05) is 19.7 Å². The number of aliphatic carboxylic acids is 1. The van der Waals surface area contributed by atoms with Crippen LogP contribution in [-0.2, 0) is 14.3 Å². The van der Waals surface area contributed by atoms with Gasteiger partial charge in [0.05, 0.1) is 12.0 Å². The van der Waals surface area contributed by atoms with Crippen LogP contribution >= 0.6 is 0 Å². The van der Waals surface area contributed by atoms with Gasteiger partial charge < -0.3 is 15.2 Å². The number of rotatable bonds is 5. The highest BCUT2D eigenvalue weighted by Gasteiger charge is 2.59. The third-order valence-corrected chi connectivity index (χ3v) is 8.26. The van der Waals surface area contributed by atoms with Gasteiger partial charge in [-0.25, -0.2) is 0 Å². The number of benzene rings is 1. The van der Waals surface area contributed by atoms with Crippen molar-refractivity contribution in [2.24, 2.45) is 23.2 Å². The van der Waals surface area contributed by atoms with E-state index < -0.39 is 17.5 Å². The quantitative estimate of drug-likeness (QED) is 0.778. The normalized spacial score (nSPS) is 38.9. The highest BCUT2D eigenvalue weighted by molar-refractivity contribution is 5.82. The summed E-state index contributed by atoms with van der Waals surface area (Å²) >= 11 is 0. The highest BCUT2D eigenvalue weighted by atomic mass is 16.5. The SMILES string of the molecule is CC(c1ccccc1)N1CCO[C@@H](C(=O)NC2C3CC4CC2CC(C(=O)O)(C4)C3)C1. The minimum absolute atomic E-state index is 0.0261.